The van der Waals surface area contributed by atoms with Gasteiger partial charge in [-0.25, -0.2) is 4.39 Å². The highest BCUT2D eigenvalue weighted by Crippen LogP contribution is 2.48. The van der Waals surface area contributed by atoms with E-state index in [1.807, 2.05) is 0 Å². The first kappa shape index (κ1) is 12.9. The largest absolute Gasteiger partial charge is 0.397 e. The van der Waals surface area contributed by atoms with Crippen molar-refractivity contribution in [1.82, 2.24) is 0 Å². The van der Waals surface area contributed by atoms with Gasteiger partial charge >= 0.3 is 0 Å². The summed E-state index contributed by atoms with van der Waals surface area (Å²) in [5.41, 5.74) is 7.15. The molecule has 0 fully saturated rings. The molecule has 0 saturated heterocycles. The molecule has 0 radical (unpaired) electrons. The Bertz CT molecular complexity index is 838. The van der Waals surface area contributed by atoms with E-state index in [-0.39, 0.29) is 5.57 Å². The molecule has 1 unspecified atom stereocenters. The van der Waals surface area contributed by atoms with Crippen molar-refractivity contribution in [3.05, 3.63) is 76.6 Å². The Morgan fingerprint density at radius 1 is 1.00 bits per heavy atom. The molecule has 0 aliphatic heterocycles. The minimum Gasteiger partial charge on any atom is -0.397 e. The van der Waals surface area contributed by atoms with Gasteiger partial charge in [-0.3, -0.25) is 0 Å². The summed E-state index contributed by atoms with van der Waals surface area (Å²) in [6.45, 7) is 0. The molecular weight excluding hydrogens is 265 g/mol. The topological polar surface area (TPSA) is 73.6 Å². The average molecular weight is 275 g/mol. The van der Waals surface area contributed by atoms with Crippen LogP contribution in [0.25, 0.3) is 5.70 Å². The summed E-state index contributed by atoms with van der Waals surface area (Å²) in [5.74, 6) is -0.395. The number of nitrogens with zero attached hydrogens (tertiary/aromatic N) is 2. The van der Waals surface area contributed by atoms with E-state index in [4.69, 9.17) is 5.73 Å². The van der Waals surface area contributed by atoms with Crippen LogP contribution < -0.4 is 5.73 Å². The van der Waals surface area contributed by atoms with Crippen LogP contribution in [0.3, 0.4) is 0 Å². The monoisotopic (exact) mass is 275 g/mol. The molecule has 21 heavy (non-hydrogen) atoms. The number of rotatable bonds is 1. The number of allylic oxidation sites excluding steroid dienone is 1. The standard InChI is InChI=1S/C17H10FN3/c18-12-7-5-11(6-8-12)17(10-20)14-4-2-1-3-13(14)16(21)15(17)9-19/h1-8H,21H2. The third-order valence-corrected chi connectivity index (χ3v) is 3.82. The lowest BCUT2D eigenvalue weighted by molar-refractivity contribution is 0.625. The van der Waals surface area contributed by atoms with Crippen LogP contribution in [0.5, 0.6) is 0 Å². The van der Waals surface area contributed by atoms with Crippen LogP contribution in [-0.2, 0) is 5.41 Å². The van der Waals surface area contributed by atoms with Crippen LogP contribution in [0.2, 0.25) is 0 Å². The van der Waals surface area contributed by atoms with Gasteiger partial charge in [-0.2, -0.15) is 10.5 Å². The van der Waals surface area contributed by atoms with E-state index < -0.39 is 11.2 Å². The number of halogens is 1. The molecule has 100 valence electrons. The highest BCUT2D eigenvalue weighted by Gasteiger charge is 2.47. The second-order valence-electron chi connectivity index (χ2n) is 4.81. The summed E-state index contributed by atoms with van der Waals surface area (Å²) in [4.78, 5) is 0. The van der Waals surface area contributed by atoms with Crippen LogP contribution in [0, 0.1) is 28.5 Å². The molecule has 4 heteroatoms. The van der Waals surface area contributed by atoms with E-state index in [0.717, 1.165) is 0 Å². The van der Waals surface area contributed by atoms with E-state index in [2.05, 4.69) is 12.1 Å². The Kier molecular flexibility index (Phi) is 2.75. The second kappa shape index (κ2) is 4.47. The van der Waals surface area contributed by atoms with E-state index in [1.54, 1.807) is 24.3 Å². The third-order valence-electron chi connectivity index (χ3n) is 3.82. The molecule has 0 heterocycles. The predicted molar refractivity (Wildman–Crippen MR) is 76.0 cm³/mol. The molecule has 0 amide bonds. The maximum atomic E-state index is 13.2. The van der Waals surface area contributed by atoms with Crippen molar-refractivity contribution in [2.45, 2.75) is 5.41 Å². The number of benzene rings is 2. The van der Waals surface area contributed by atoms with Crippen LogP contribution in [-0.4, -0.2) is 0 Å². The van der Waals surface area contributed by atoms with Crippen LogP contribution >= 0.6 is 0 Å². The zero-order valence-corrected chi connectivity index (χ0v) is 11.0. The fraction of sp³-hybridized carbons (Fsp3) is 0.0588. The molecule has 3 rings (SSSR count). The molecule has 1 atom stereocenters. The van der Waals surface area contributed by atoms with Crippen molar-refractivity contribution in [3.8, 4) is 12.1 Å². The van der Waals surface area contributed by atoms with Gasteiger partial charge in [0, 0.05) is 5.56 Å². The summed E-state index contributed by atoms with van der Waals surface area (Å²) in [6, 6.07) is 17.0. The lowest BCUT2D eigenvalue weighted by Gasteiger charge is -2.23. The van der Waals surface area contributed by atoms with E-state index in [9.17, 15) is 14.9 Å². The molecule has 3 nitrogen and oxygen atoms in total. The first-order chi connectivity index (χ1) is 10.1. The van der Waals surface area contributed by atoms with Gasteiger partial charge in [-0.05, 0) is 23.3 Å². The summed E-state index contributed by atoms with van der Waals surface area (Å²) in [6.07, 6.45) is 0. The van der Waals surface area contributed by atoms with Gasteiger partial charge < -0.3 is 5.73 Å². The Labute approximate surface area is 121 Å². The molecule has 0 bridgehead atoms. The van der Waals surface area contributed by atoms with Gasteiger partial charge in [-0.1, -0.05) is 36.4 Å². The number of hydrogen-bond acceptors (Lipinski definition) is 3. The minimum atomic E-state index is -1.27. The molecule has 1 aliphatic carbocycles. The average Bonchev–Trinajstić information content (AvgIpc) is 2.77. The van der Waals surface area contributed by atoms with Crippen LogP contribution in [0.1, 0.15) is 16.7 Å². The molecule has 0 spiro atoms. The van der Waals surface area contributed by atoms with E-state index in [1.165, 1.54) is 24.3 Å². The first-order valence-electron chi connectivity index (χ1n) is 6.32. The highest BCUT2D eigenvalue weighted by atomic mass is 19.1. The SMILES string of the molecule is N#CC1=C(N)c2ccccc2C1(C#N)c1ccc(F)cc1. The Morgan fingerprint density at radius 3 is 2.29 bits per heavy atom. The number of nitriles is 2. The van der Waals surface area contributed by atoms with Crippen molar-refractivity contribution in [2.24, 2.45) is 5.73 Å². The van der Waals surface area contributed by atoms with Gasteiger partial charge in [0.05, 0.1) is 23.4 Å². The highest BCUT2D eigenvalue weighted by molar-refractivity contribution is 5.86. The van der Waals surface area contributed by atoms with E-state index in [0.29, 0.717) is 22.4 Å². The number of fused-ring (bicyclic) bond motifs is 1. The zero-order valence-electron chi connectivity index (χ0n) is 11.0. The van der Waals surface area contributed by atoms with Crippen molar-refractivity contribution in [3.63, 3.8) is 0 Å². The van der Waals surface area contributed by atoms with Crippen molar-refractivity contribution in [1.29, 1.82) is 10.5 Å². The van der Waals surface area contributed by atoms with Crippen molar-refractivity contribution < 1.29 is 4.39 Å². The van der Waals surface area contributed by atoms with Gasteiger partial charge in [0.25, 0.3) is 0 Å². The molecule has 0 aromatic heterocycles. The van der Waals surface area contributed by atoms with Crippen LogP contribution in [0.15, 0.2) is 54.1 Å². The summed E-state index contributed by atoms with van der Waals surface area (Å²) in [5, 5.41) is 19.3. The maximum absolute atomic E-state index is 13.2. The molecular formula is C17H10FN3. The lowest BCUT2D eigenvalue weighted by atomic mass is 9.73. The normalized spacial score (nSPS) is 19.8. The van der Waals surface area contributed by atoms with Gasteiger partial charge in [0.1, 0.15) is 11.2 Å². The van der Waals surface area contributed by atoms with Crippen molar-refractivity contribution >= 4 is 5.70 Å². The van der Waals surface area contributed by atoms with E-state index >= 15 is 0 Å². The molecule has 2 aromatic carbocycles. The summed E-state index contributed by atoms with van der Waals surface area (Å²) >= 11 is 0. The minimum absolute atomic E-state index is 0.192. The van der Waals surface area contributed by atoms with Gasteiger partial charge in [-0.15, -0.1) is 0 Å². The van der Waals surface area contributed by atoms with Gasteiger partial charge in [0.2, 0.25) is 0 Å². The third kappa shape index (κ3) is 1.57. The summed E-state index contributed by atoms with van der Waals surface area (Å²) in [7, 11) is 0. The smallest absolute Gasteiger partial charge is 0.145 e. The predicted octanol–water partition coefficient (Wildman–Crippen LogP) is 2.84. The first-order valence-corrected chi connectivity index (χ1v) is 6.32. The van der Waals surface area contributed by atoms with Crippen molar-refractivity contribution in [2.75, 3.05) is 0 Å². The lowest BCUT2D eigenvalue weighted by Crippen LogP contribution is -2.26. The number of hydrogen-bond donors (Lipinski definition) is 1. The molecule has 2 N–H and O–H groups in total. The zero-order chi connectivity index (χ0) is 15.0. The fourth-order valence-corrected chi connectivity index (χ4v) is 2.84. The maximum Gasteiger partial charge on any atom is 0.145 e. The molecule has 1 aliphatic rings. The van der Waals surface area contributed by atoms with Crippen LogP contribution in [0.4, 0.5) is 4.39 Å². The van der Waals surface area contributed by atoms with Gasteiger partial charge in [0.15, 0.2) is 0 Å². The molecule has 2 aromatic rings. The molecule has 0 saturated carbocycles. The number of nitrogens with two attached hydrogens (primary N) is 1. The summed E-state index contributed by atoms with van der Waals surface area (Å²) < 4.78 is 13.2. The Morgan fingerprint density at radius 2 is 1.67 bits per heavy atom. The fourth-order valence-electron chi connectivity index (χ4n) is 2.84. The Hall–Kier alpha value is -3.11. The quantitative estimate of drug-likeness (QED) is 0.869. The Balaban J connectivity index is 2.39. The second-order valence-corrected chi connectivity index (χ2v) is 4.81.